The van der Waals surface area contributed by atoms with Gasteiger partial charge in [-0.05, 0) is 42.8 Å². The number of anilines is 1. The summed E-state index contributed by atoms with van der Waals surface area (Å²) in [6, 6.07) is 19.8. The third kappa shape index (κ3) is 5.56. The van der Waals surface area contributed by atoms with Gasteiger partial charge in [0.1, 0.15) is 11.4 Å². The minimum Gasteiger partial charge on any atom is -0.461 e. The summed E-state index contributed by atoms with van der Waals surface area (Å²) in [5, 5.41) is 18.2. The monoisotopic (exact) mass is 471 g/mol. The number of amides is 1. The molecule has 0 spiro atoms. The van der Waals surface area contributed by atoms with Gasteiger partial charge in [0.05, 0.1) is 23.8 Å². The van der Waals surface area contributed by atoms with Crippen LogP contribution in [0.5, 0.6) is 0 Å². The molecule has 176 valence electrons. The highest BCUT2D eigenvalue weighted by molar-refractivity contribution is 6.02. The highest BCUT2D eigenvalue weighted by atomic mass is 16.6. The molecule has 0 unspecified atom stereocenters. The summed E-state index contributed by atoms with van der Waals surface area (Å²) in [7, 11) is 0. The van der Waals surface area contributed by atoms with Crippen molar-refractivity contribution in [1.29, 1.82) is 0 Å². The first-order valence-electron chi connectivity index (χ1n) is 10.8. The van der Waals surface area contributed by atoms with Gasteiger partial charge in [-0.1, -0.05) is 30.3 Å². The van der Waals surface area contributed by atoms with E-state index >= 15 is 0 Å². The van der Waals surface area contributed by atoms with Crippen LogP contribution in [0.4, 0.5) is 11.4 Å². The van der Waals surface area contributed by atoms with E-state index in [0.29, 0.717) is 17.1 Å². The van der Waals surface area contributed by atoms with Crippen molar-refractivity contribution in [2.75, 3.05) is 11.9 Å². The summed E-state index contributed by atoms with van der Waals surface area (Å²) in [5.74, 6) is -0.845. The van der Waals surface area contributed by atoms with Crippen molar-refractivity contribution in [2.24, 2.45) is 0 Å². The molecule has 2 aromatic heterocycles. The standard InChI is InChI=1S/C25H21N5O5/c1-2-35-25(32)23-15-22(28-29(23)16-17-6-12-20(13-7-17)30(33)34)18-8-10-19(11-9-18)27-24(31)21-5-3-4-14-26-21/h3-15H,2,16H2,1H3,(H,27,31). The van der Waals surface area contributed by atoms with Crippen molar-refractivity contribution >= 4 is 23.3 Å². The summed E-state index contributed by atoms with van der Waals surface area (Å²) < 4.78 is 6.67. The molecule has 10 nitrogen and oxygen atoms in total. The Morgan fingerprint density at radius 2 is 1.80 bits per heavy atom. The maximum absolute atomic E-state index is 12.5. The molecule has 0 aliphatic heterocycles. The Balaban J connectivity index is 1.56. The van der Waals surface area contributed by atoms with Crippen LogP contribution in [0.15, 0.2) is 79.0 Å². The maximum Gasteiger partial charge on any atom is 0.356 e. The van der Waals surface area contributed by atoms with Gasteiger partial charge in [-0.15, -0.1) is 0 Å². The van der Waals surface area contributed by atoms with Crippen molar-refractivity contribution in [1.82, 2.24) is 14.8 Å². The Bertz CT molecular complexity index is 1350. The lowest BCUT2D eigenvalue weighted by Crippen LogP contribution is -2.14. The number of nitro groups is 1. The molecule has 2 heterocycles. The van der Waals surface area contributed by atoms with Gasteiger partial charge in [-0.25, -0.2) is 4.79 Å². The van der Waals surface area contributed by atoms with Crippen LogP contribution in [0.1, 0.15) is 33.5 Å². The summed E-state index contributed by atoms with van der Waals surface area (Å²) in [6.07, 6.45) is 1.55. The number of carbonyl (C=O) groups excluding carboxylic acids is 2. The van der Waals surface area contributed by atoms with E-state index in [1.54, 1.807) is 73.8 Å². The lowest BCUT2D eigenvalue weighted by molar-refractivity contribution is -0.384. The van der Waals surface area contributed by atoms with E-state index in [2.05, 4.69) is 15.4 Å². The predicted octanol–water partition coefficient (Wildman–Crippen LogP) is 4.33. The number of esters is 1. The van der Waals surface area contributed by atoms with Gasteiger partial charge in [-0.2, -0.15) is 5.10 Å². The number of rotatable bonds is 8. The van der Waals surface area contributed by atoms with Gasteiger partial charge in [0.25, 0.3) is 11.6 Å². The molecule has 4 aromatic rings. The Morgan fingerprint density at radius 1 is 1.06 bits per heavy atom. The van der Waals surface area contributed by atoms with Gasteiger partial charge < -0.3 is 10.1 Å². The van der Waals surface area contributed by atoms with Crippen molar-refractivity contribution in [3.05, 3.63) is 106 Å². The molecule has 35 heavy (non-hydrogen) atoms. The van der Waals surface area contributed by atoms with Crippen molar-refractivity contribution < 1.29 is 19.2 Å². The second-order valence-corrected chi connectivity index (χ2v) is 7.46. The molecule has 0 saturated carbocycles. The van der Waals surface area contributed by atoms with E-state index in [4.69, 9.17) is 4.74 Å². The summed E-state index contributed by atoms with van der Waals surface area (Å²) >= 11 is 0. The smallest absolute Gasteiger partial charge is 0.356 e. The fraction of sp³-hybridized carbons (Fsp3) is 0.120. The Kier molecular flexibility index (Phi) is 6.91. The number of hydrogen-bond donors (Lipinski definition) is 1. The quantitative estimate of drug-likeness (QED) is 0.230. The van der Waals surface area contributed by atoms with Crippen LogP contribution in [0.3, 0.4) is 0 Å². The highest BCUT2D eigenvalue weighted by Gasteiger charge is 2.18. The molecule has 0 saturated heterocycles. The second kappa shape index (κ2) is 10.4. The van der Waals surface area contributed by atoms with Crippen LogP contribution in [-0.2, 0) is 11.3 Å². The lowest BCUT2D eigenvalue weighted by atomic mass is 10.1. The van der Waals surface area contributed by atoms with E-state index < -0.39 is 10.9 Å². The molecule has 0 aliphatic carbocycles. The zero-order valence-electron chi connectivity index (χ0n) is 18.7. The number of carbonyl (C=O) groups is 2. The topological polar surface area (TPSA) is 129 Å². The predicted molar refractivity (Wildman–Crippen MR) is 128 cm³/mol. The number of benzene rings is 2. The summed E-state index contributed by atoms with van der Waals surface area (Å²) in [5.41, 5.74) is 3.14. The van der Waals surface area contributed by atoms with Crippen LogP contribution in [0.25, 0.3) is 11.3 Å². The fourth-order valence-electron chi connectivity index (χ4n) is 3.36. The van der Waals surface area contributed by atoms with E-state index in [1.807, 2.05) is 0 Å². The Labute approximate surface area is 200 Å². The van der Waals surface area contributed by atoms with Crippen molar-refractivity contribution in [2.45, 2.75) is 13.5 Å². The molecule has 0 aliphatic rings. The van der Waals surface area contributed by atoms with Crippen molar-refractivity contribution in [3.63, 3.8) is 0 Å². The fourth-order valence-corrected chi connectivity index (χ4v) is 3.36. The van der Waals surface area contributed by atoms with Gasteiger partial charge >= 0.3 is 5.97 Å². The van der Waals surface area contributed by atoms with Crippen LogP contribution in [0, 0.1) is 10.1 Å². The second-order valence-electron chi connectivity index (χ2n) is 7.46. The van der Waals surface area contributed by atoms with E-state index in [9.17, 15) is 19.7 Å². The number of nitrogens with one attached hydrogen (secondary N) is 1. The van der Waals surface area contributed by atoms with Crippen molar-refractivity contribution in [3.8, 4) is 11.3 Å². The third-order valence-electron chi connectivity index (χ3n) is 5.08. The van der Waals surface area contributed by atoms with Gasteiger partial charge in [0.15, 0.2) is 0 Å². The van der Waals surface area contributed by atoms with E-state index in [-0.39, 0.29) is 30.4 Å². The average Bonchev–Trinajstić information content (AvgIpc) is 3.29. The van der Waals surface area contributed by atoms with Crippen LogP contribution >= 0.6 is 0 Å². The van der Waals surface area contributed by atoms with Gasteiger partial charge in [-0.3, -0.25) is 24.6 Å². The van der Waals surface area contributed by atoms with Crippen LogP contribution < -0.4 is 5.32 Å². The number of nitrogens with zero attached hydrogens (tertiary/aromatic N) is 4. The molecule has 0 atom stereocenters. The molecule has 0 fully saturated rings. The minimum absolute atomic E-state index is 0.0178. The first kappa shape index (κ1) is 23.3. The highest BCUT2D eigenvalue weighted by Crippen LogP contribution is 2.23. The molecule has 1 amide bonds. The number of hydrogen-bond acceptors (Lipinski definition) is 7. The van der Waals surface area contributed by atoms with Crippen LogP contribution in [0.2, 0.25) is 0 Å². The molecule has 1 N–H and O–H groups in total. The first-order chi connectivity index (χ1) is 16.9. The van der Waals surface area contributed by atoms with Gasteiger partial charge in [0, 0.05) is 29.6 Å². The van der Waals surface area contributed by atoms with E-state index in [1.165, 1.54) is 16.8 Å². The molecule has 2 aromatic carbocycles. The number of aromatic nitrogens is 3. The molecule has 0 radical (unpaired) electrons. The molecule has 4 rings (SSSR count). The number of nitro benzene ring substituents is 1. The maximum atomic E-state index is 12.5. The van der Waals surface area contributed by atoms with E-state index in [0.717, 1.165) is 11.1 Å². The molecule has 0 bridgehead atoms. The lowest BCUT2D eigenvalue weighted by Gasteiger charge is -2.07. The molecular formula is C25H21N5O5. The summed E-state index contributed by atoms with van der Waals surface area (Å²) in [6.45, 7) is 2.15. The Morgan fingerprint density at radius 3 is 2.43 bits per heavy atom. The zero-order valence-corrected chi connectivity index (χ0v) is 18.7. The normalized spacial score (nSPS) is 10.5. The minimum atomic E-state index is -0.521. The molecular weight excluding hydrogens is 450 g/mol. The third-order valence-corrected chi connectivity index (χ3v) is 5.08. The SMILES string of the molecule is CCOC(=O)c1cc(-c2ccc(NC(=O)c3ccccn3)cc2)nn1Cc1ccc([N+](=O)[O-])cc1. The first-order valence-corrected chi connectivity index (χ1v) is 10.8. The van der Waals surface area contributed by atoms with Crippen LogP contribution in [-0.4, -0.2) is 38.2 Å². The number of non-ortho nitro benzene ring substituents is 1. The average molecular weight is 471 g/mol. The number of pyridine rings is 1. The number of ether oxygens (including phenoxy) is 1. The summed E-state index contributed by atoms with van der Waals surface area (Å²) in [4.78, 5) is 39.3. The van der Waals surface area contributed by atoms with Gasteiger partial charge in [0.2, 0.25) is 0 Å². The molecule has 10 heteroatoms. The zero-order chi connectivity index (χ0) is 24.8. The largest absolute Gasteiger partial charge is 0.461 e. The Hall–Kier alpha value is -4.86.